The largest absolute Gasteiger partial charge is 0.454 e. The van der Waals surface area contributed by atoms with Gasteiger partial charge in [0, 0.05) is 12.1 Å². The summed E-state index contributed by atoms with van der Waals surface area (Å²) in [4.78, 5) is 32.9. The molecule has 1 aliphatic heterocycles. The maximum Gasteiger partial charge on any atom is 0.263 e. The zero-order valence-corrected chi connectivity index (χ0v) is 19.9. The van der Waals surface area contributed by atoms with Crippen LogP contribution in [0.25, 0.3) is 28.7 Å². The van der Waals surface area contributed by atoms with Crippen LogP contribution in [0.4, 0.5) is 5.82 Å². The molecule has 0 aliphatic carbocycles. The number of anilines is 1. The summed E-state index contributed by atoms with van der Waals surface area (Å²) >= 11 is 0. The van der Waals surface area contributed by atoms with Crippen molar-refractivity contribution < 1.29 is 14.3 Å². The number of aromatic nitrogens is 6. The maximum atomic E-state index is 12.9. The number of fused-ring (bicyclic) bond motifs is 2. The van der Waals surface area contributed by atoms with Crippen molar-refractivity contribution in [2.45, 2.75) is 13.8 Å². The third-order valence-electron chi connectivity index (χ3n) is 5.78. The third-order valence-corrected chi connectivity index (χ3v) is 5.78. The number of nitrogens with zero attached hydrogens (tertiary/aromatic N) is 5. The number of hydrogen-bond donors (Lipinski definition) is 2. The summed E-state index contributed by atoms with van der Waals surface area (Å²) in [5, 5.41) is 11.9. The molecule has 0 bridgehead atoms. The van der Waals surface area contributed by atoms with Gasteiger partial charge in [-0.15, -0.1) is 0 Å². The number of aryl methyl sites for hydroxylation is 2. The molecule has 3 aromatic heterocycles. The molecule has 11 nitrogen and oxygen atoms in total. The summed E-state index contributed by atoms with van der Waals surface area (Å²) in [6.45, 7) is 3.94. The standard InChI is InChI=1S/C26H21N7O4/c1-15-4-3-5-18(10-15)32-24-19(13-27-32)25(35)30-26(29-24)33-22(11-16(2)31-33)28-23(34)9-7-17-6-8-20-21(12-17)37-14-36-20/h3-13H,14H2,1-2H3,(H,28,34)(H,29,30,35). The summed E-state index contributed by atoms with van der Waals surface area (Å²) < 4.78 is 13.7. The third kappa shape index (κ3) is 4.22. The number of carbonyl (C=O) groups excluding carboxylic acids is 1. The van der Waals surface area contributed by atoms with Gasteiger partial charge in [-0.1, -0.05) is 18.2 Å². The van der Waals surface area contributed by atoms with Gasteiger partial charge in [0.1, 0.15) is 11.2 Å². The molecular formula is C26H21N7O4. The Balaban J connectivity index is 1.31. The minimum absolute atomic E-state index is 0.148. The van der Waals surface area contributed by atoms with Crippen molar-refractivity contribution in [1.82, 2.24) is 29.5 Å². The van der Waals surface area contributed by atoms with E-state index in [0.717, 1.165) is 16.8 Å². The average molecular weight is 495 g/mol. The number of nitrogens with one attached hydrogen (secondary N) is 2. The summed E-state index contributed by atoms with van der Waals surface area (Å²) in [6.07, 6.45) is 4.54. The van der Waals surface area contributed by atoms with Crippen molar-refractivity contribution in [2.24, 2.45) is 0 Å². The molecule has 0 saturated heterocycles. The predicted molar refractivity (Wildman–Crippen MR) is 136 cm³/mol. The maximum absolute atomic E-state index is 12.9. The molecule has 2 aromatic carbocycles. The van der Waals surface area contributed by atoms with Crippen molar-refractivity contribution in [3.63, 3.8) is 0 Å². The highest BCUT2D eigenvalue weighted by Crippen LogP contribution is 2.32. The van der Waals surface area contributed by atoms with Crippen LogP contribution in [0.3, 0.4) is 0 Å². The smallest absolute Gasteiger partial charge is 0.263 e. The first kappa shape index (κ1) is 22.3. The van der Waals surface area contributed by atoms with Crippen LogP contribution in [-0.4, -0.2) is 42.2 Å². The molecule has 4 heterocycles. The Morgan fingerprint density at radius 3 is 2.81 bits per heavy atom. The molecule has 0 saturated carbocycles. The van der Waals surface area contributed by atoms with E-state index in [1.807, 2.05) is 37.3 Å². The number of benzene rings is 2. The second-order valence-electron chi connectivity index (χ2n) is 8.54. The van der Waals surface area contributed by atoms with Gasteiger partial charge in [0.15, 0.2) is 17.1 Å². The van der Waals surface area contributed by atoms with Crippen molar-refractivity contribution in [1.29, 1.82) is 0 Å². The summed E-state index contributed by atoms with van der Waals surface area (Å²) in [6, 6.07) is 14.8. The Morgan fingerprint density at radius 1 is 1.08 bits per heavy atom. The van der Waals surface area contributed by atoms with E-state index in [1.54, 1.807) is 35.9 Å². The SMILES string of the molecule is Cc1cccc(-n2ncc3c(=O)[nH]c(-n4nc(C)cc4NC(=O)C=Cc4ccc5c(c4)OCO5)nc32)c1. The molecule has 0 unspecified atom stereocenters. The first-order valence-electron chi connectivity index (χ1n) is 11.5. The van der Waals surface area contributed by atoms with Crippen LogP contribution in [0.15, 0.2) is 65.6 Å². The van der Waals surface area contributed by atoms with Crippen LogP contribution in [0.2, 0.25) is 0 Å². The van der Waals surface area contributed by atoms with Crippen LogP contribution in [0.5, 0.6) is 11.5 Å². The fourth-order valence-electron chi connectivity index (χ4n) is 4.06. The number of ether oxygens (including phenoxy) is 2. The molecule has 184 valence electrons. The van der Waals surface area contributed by atoms with Crippen LogP contribution < -0.4 is 20.3 Å². The van der Waals surface area contributed by atoms with Gasteiger partial charge in [0.25, 0.3) is 5.56 Å². The van der Waals surface area contributed by atoms with Crippen LogP contribution >= 0.6 is 0 Å². The molecule has 0 radical (unpaired) electrons. The molecule has 0 fully saturated rings. The van der Waals surface area contributed by atoms with Gasteiger partial charge < -0.3 is 14.8 Å². The second-order valence-corrected chi connectivity index (χ2v) is 8.54. The Morgan fingerprint density at radius 2 is 1.95 bits per heavy atom. The number of aromatic amines is 1. The lowest BCUT2D eigenvalue weighted by atomic mass is 10.2. The fourth-order valence-corrected chi connectivity index (χ4v) is 4.06. The predicted octanol–water partition coefficient (Wildman–Crippen LogP) is 3.29. The minimum Gasteiger partial charge on any atom is -0.454 e. The Labute approximate surface area is 210 Å². The lowest BCUT2D eigenvalue weighted by Crippen LogP contribution is -2.18. The lowest BCUT2D eigenvalue weighted by Gasteiger charge is -2.08. The summed E-state index contributed by atoms with van der Waals surface area (Å²) in [5.41, 5.74) is 3.24. The van der Waals surface area contributed by atoms with Crippen molar-refractivity contribution in [2.75, 3.05) is 12.1 Å². The number of rotatable bonds is 5. The summed E-state index contributed by atoms with van der Waals surface area (Å²) in [5.74, 6) is 1.42. The van der Waals surface area contributed by atoms with E-state index >= 15 is 0 Å². The van der Waals surface area contributed by atoms with Gasteiger partial charge in [-0.05, 0) is 55.3 Å². The van der Waals surface area contributed by atoms with Crippen molar-refractivity contribution in [3.05, 3.63) is 88.0 Å². The molecule has 37 heavy (non-hydrogen) atoms. The lowest BCUT2D eigenvalue weighted by molar-refractivity contribution is -0.111. The van der Waals surface area contributed by atoms with E-state index in [9.17, 15) is 9.59 Å². The second kappa shape index (κ2) is 8.79. The van der Waals surface area contributed by atoms with E-state index in [-0.39, 0.29) is 24.2 Å². The highest BCUT2D eigenvalue weighted by atomic mass is 16.7. The molecule has 11 heteroatoms. The fraction of sp³-hybridized carbons (Fsp3) is 0.115. The van der Waals surface area contributed by atoms with E-state index in [1.165, 1.54) is 17.0 Å². The topological polar surface area (TPSA) is 129 Å². The van der Waals surface area contributed by atoms with Gasteiger partial charge in [-0.25, -0.2) is 4.68 Å². The van der Waals surface area contributed by atoms with E-state index in [4.69, 9.17) is 9.47 Å². The molecule has 0 atom stereocenters. The van der Waals surface area contributed by atoms with Crippen molar-refractivity contribution in [3.8, 4) is 23.1 Å². The molecule has 5 aromatic rings. The van der Waals surface area contributed by atoms with Gasteiger partial charge in [0.05, 0.1) is 17.6 Å². The Kier molecular flexibility index (Phi) is 5.29. The Bertz CT molecular complexity index is 1760. The monoisotopic (exact) mass is 495 g/mol. The number of carbonyl (C=O) groups is 1. The van der Waals surface area contributed by atoms with E-state index in [2.05, 4.69) is 25.5 Å². The number of amides is 1. The zero-order valence-electron chi connectivity index (χ0n) is 19.9. The number of hydrogen-bond acceptors (Lipinski definition) is 7. The highest BCUT2D eigenvalue weighted by molar-refractivity contribution is 6.01. The Hall–Kier alpha value is -5.19. The van der Waals surface area contributed by atoms with E-state index < -0.39 is 0 Å². The molecule has 6 rings (SSSR count). The quantitative estimate of drug-likeness (QED) is 0.358. The van der Waals surface area contributed by atoms with Gasteiger partial charge in [-0.3, -0.25) is 14.6 Å². The molecular weight excluding hydrogens is 474 g/mol. The first-order valence-corrected chi connectivity index (χ1v) is 11.5. The average Bonchev–Trinajstić information content (AvgIpc) is 3.60. The van der Waals surface area contributed by atoms with Crippen LogP contribution in [0, 0.1) is 13.8 Å². The van der Waals surface area contributed by atoms with E-state index in [0.29, 0.717) is 34.0 Å². The minimum atomic E-state index is -0.382. The molecule has 1 amide bonds. The number of H-pyrrole nitrogens is 1. The molecule has 1 aliphatic rings. The van der Waals surface area contributed by atoms with Gasteiger partial charge in [0.2, 0.25) is 18.6 Å². The molecule has 2 N–H and O–H groups in total. The van der Waals surface area contributed by atoms with Crippen LogP contribution in [0.1, 0.15) is 16.8 Å². The normalized spacial score (nSPS) is 12.5. The molecule has 0 spiro atoms. The van der Waals surface area contributed by atoms with Gasteiger partial charge >= 0.3 is 0 Å². The van der Waals surface area contributed by atoms with Crippen molar-refractivity contribution >= 4 is 28.8 Å². The van der Waals surface area contributed by atoms with Gasteiger partial charge in [-0.2, -0.15) is 19.9 Å². The summed E-state index contributed by atoms with van der Waals surface area (Å²) in [7, 11) is 0. The highest BCUT2D eigenvalue weighted by Gasteiger charge is 2.17. The zero-order chi connectivity index (χ0) is 25.5. The first-order chi connectivity index (χ1) is 17.9. The van der Waals surface area contributed by atoms with Crippen LogP contribution in [-0.2, 0) is 4.79 Å².